The summed E-state index contributed by atoms with van der Waals surface area (Å²) in [6, 6.07) is 18.0. The van der Waals surface area contributed by atoms with Crippen molar-refractivity contribution in [3.63, 3.8) is 0 Å². The Kier molecular flexibility index (Phi) is 6.48. The number of carbonyl (C=O) groups excluding carboxylic acids is 2. The summed E-state index contributed by atoms with van der Waals surface area (Å²) in [4.78, 5) is 25.3. The fourth-order valence-electron chi connectivity index (χ4n) is 4.08. The number of nitrogens with zero attached hydrogens (tertiary/aromatic N) is 1. The van der Waals surface area contributed by atoms with E-state index in [2.05, 4.69) is 10.6 Å². The van der Waals surface area contributed by atoms with Gasteiger partial charge in [-0.25, -0.2) is 0 Å². The van der Waals surface area contributed by atoms with Gasteiger partial charge >= 0.3 is 6.18 Å². The van der Waals surface area contributed by atoms with Crippen molar-refractivity contribution in [2.45, 2.75) is 25.1 Å². The predicted octanol–water partition coefficient (Wildman–Crippen LogP) is 5.29. The summed E-state index contributed by atoms with van der Waals surface area (Å²) < 4.78 is 38.7. The molecule has 2 N–H and O–H groups in total. The second-order valence-corrected chi connectivity index (χ2v) is 7.93. The van der Waals surface area contributed by atoms with Crippen molar-refractivity contribution in [2.24, 2.45) is 0 Å². The van der Waals surface area contributed by atoms with Gasteiger partial charge in [-0.05, 0) is 59.0 Å². The lowest BCUT2D eigenvalue weighted by molar-refractivity contribution is -0.137. The van der Waals surface area contributed by atoms with Gasteiger partial charge in [0.25, 0.3) is 5.91 Å². The Morgan fingerprint density at radius 1 is 1.06 bits per heavy atom. The smallest absolute Gasteiger partial charge is 0.322 e. The molecule has 0 radical (unpaired) electrons. The number of benzene rings is 3. The first kappa shape index (κ1) is 23.2. The molecule has 0 bridgehead atoms. The highest BCUT2D eigenvalue weighted by atomic mass is 19.4. The molecule has 8 heteroatoms. The first-order chi connectivity index (χ1) is 16.3. The third-order valence-corrected chi connectivity index (χ3v) is 5.72. The number of amides is 1. The first-order valence-corrected chi connectivity index (χ1v) is 10.6. The van der Waals surface area contributed by atoms with Crippen molar-refractivity contribution in [2.75, 3.05) is 11.9 Å². The molecule has 0 saturated heterocycles. The number of anilines is 1. The molecule has 1 atom stereocenters. The fraction of sp³-hybridized carbons (Fsp3) is 0.192. The Morgan fingerprint density at radius 2 is 1.79 bits per heavy atom. The molecule has 0 aromatic heterocycles. The number of fused-ring (bicyclic) bond motifs is 1. The minimum absolute atomic E-state index is 0.184. The van der Waals surface area contributed by atoms with Gasteiger partial charge in [0.15, 0.2) is 5.78 Å². The largest absolute Gasteiger partial charge is 0.416 e. The third-order valence-electron chi connectivity index (χ3n) is 5.72. The van der Waals surface area contributed by atoms with Crippen LogP contribution in [0.4, 0.5) is 18.9 Å². The molecule has 0 fully saturated rings. The quantitative estimate of drug-likeness (QED) is 0.538. The molecule has 0 saturated carbocycles. The Balaban J connectivity index is 1.58. The maximum Gasteiger partial charge on any atom is 0.416 e. The number of hydrogen-bond acceptors (Lipinski definition) is 4. The summed E-state index contributed by atoms with van der Waals surface area (Å²) in [7, 11) is 0. The van der Waals surface area contributed by atoms with Crippen LogP contribution in [0, 0.1) is 11.3 Å². The van der Waals surface area contributed by atoms with Crippen LogP contribution in [0.2, 0.25) is 0 Å². The van der Waals surface area contributed by atoms with Crippen LogP contribution in [0.5, 0.6) is 0 Å². The Labute approximate surface area is 194 Å². The van der Waals surface area contributed by atoms with Crippen LogP contribution in [0.25, 0.3) is 11.1 Å². The molecule has 0 spiro atoms. The molecule has 34 heavy (non-hydrogen) atoms. The van der Waals surface area contributed by atoms with Crippen LogP contribution in [-0.2, 0) is 17.4 Å². The predicted molar refractivity (Wildman–Crippen MR) is 121 cm³/mol. The number of nitriles is 1. The number of carbonyl (C=O) groups is 2. The summed E-state index contributed by atoms with van der Waals surface area (Å²) in [6.45, 7) is 0.572. The third kappa shape index (κ3) is 4.85. The van der Waals surface area contributed by atoms with E-state index in [0.29, 0.717) is 35.3 Å². The Hall–Kier alpha value is -3.96. The van der Waals surface area contributed by atoms with Crippen molar-refractivity contribution in [3.05, 3.63) is 89.0 Å². The molecule has 1 unspecified atom stereocenters. The van der Waals surface area contributed by atoms with Gasteiger partial charge in [0.05, 0.1) is 24.1 Å². The monoisotopic (exact) mass is 463 g/mol. The average molecular weight is 463 g/mol. The number of hydrogen-bond donors (Lipinski definition) is 2. The average Bonchev–Trinajstić information content (AvgIpc) is 2.83. The SMILES string of the molecule is N#CCC(=O)C1NCCc2cc(NC(=O)c3ccccc3-c3ccc(C(F)(F)F)cc3)ccc21. The summed E-state index contributed by atoms with van der Waals surface area (Å²) in [5, 5.41) is 14.8. The van der Waals surface area contributed by atoms with Crippen LogP contribution in [-0.4, -0.2) is 18.2 Å². The Morgan fingerprint density at radius 3 is 2.50 bits per heavy atom. The zero-order valence-electron chi connectivity index (χ0n) is 17.9. The highest BCUT2D eigenvalue weighted by Crippen LogP contribution is 2.32. The van der Waals surface area contributed by atoms with E-state index in [1.54, 1.807) is 36.4 Å². The van der Waals surface area contributed by atoms with Crippen molar-refractivity contribution in [1.82, 2.24) is 5.32 Å². The van der Waals surface area contributed by atoms with Crippen LogP contribution < -0.4 is 10.6 Å². The van der Waals surface area contributed by atoms with E-state index in [-0.39, 0.29) is 12.2 Å². The van der Waals surface area contributed by atoms with Gasteiger partial charge in [0, 0.05) is 17.8 Å². The van der Waals surface area contributed by atoms with Crippen molar-refractivity contribution in [3.8, 4) is 17.2 Å². The van der Waals surface area contributed by atoms with E-state index in [1.807, 2.05) is 12.1 Å². The van der Waals surface area contributed by atoms with Gasteiger partial charge in [-0.15, -0.1) is 0 Å². The lowest BCUT2D eigenvalue weighted by Crippen LogP contribution is -2.35. The highest BCUT2D eigenvalue weighted by molar-refractivity contribution is 6.08. The van der Waals surface area contributed by atoms with Gasteiger partial charge in [-0.2, -0.15) is 18.4 Å². The molecule has 172 valence electrons. The molecule has 1 amide bonds. The molecule has 3 aromatic rings. The van der Waals surface area contributed by atoms with E-state index in [1.165, 1.54) is 12.1 Å². The van der Waals surface area contributed by atoms with E-state index < -0.39 is 23.7 Å². The standard InChI is InChI=1S/C26H20F3N3O2/c27-26(28,29)18-7-5-16(6-8-18)20-3-1-2-4-22(20)25(34)32-19-9-10-21-17(15-19)12-14-31-24(21)23(33)11-13-30/h1-10,15,24,31H,11-12,14H2,(H,32,34). The molecule has 1 aliphatic rings. The molecule has 5 nitrogen and oxygen atoms in total. The maximum absolute atomic E-state index is 13.1. The normalized spacial score (nSPS) is 15.2. The van der Waals surface area contributed by atoms with Crippen LogP contribution in [0.3, 0.4) is 0 Å². The lowest BCUT2D eigenvalue weighted by Gasteiger charge is -2.26. The zero-order chi connectivity index (χ0) is 24.3. The minimum Gasteiger partial charge on any atom is -0.322 e. The summed E-state index contributed by atoms with van der Waals surface area (Å²) in [5.41, 5.74) is 2.81. The Bertz CT molecular complexity index is 1280. The number of alkyl halides is 3. The number of Topliss-reactive ketones (excluding diaryl/α,β-unsaturated/α-hetero) is 1. The summed E-state index contributed by atoms with van der Waals surface area (Å²) in [6.07, 6.45) is -3.95. The van der Waals surface area contributed by atoms with Gasteiger partial charge in [0.2, 0.25) is 0 Å². The summed E-state index contributed by atoms with van der Waals surface area (Å²) >= 11 is 0. The van der Waals surface area contributed by atoms with Crippen molar-refractivity contribution in [1.29, 1.82) is 5.26 Å². The van der Waals surface area contributed by atoms with Gasteiger partial charge < -0.3 is 10.6 Å². The number of ketones is 1. The molecule has 1 aliphatic heterocycles. The number of rotatable bonds is 5. The van der Waals surface area contributed by atoms with Gasteiger partial charge in [-0.3, -0.25) is 9.59 Å². The van der Waals surface area contributed by atoms with E-state index in [0.717, 1.165) is 23.3 Å². The molecule has 3 aromatic carbocycles. The second kappa shape index (κ2) is 9.49. The van der Waals surface area contributed by atoms with Gasteiger partial charge in [-0.1, -0.05) is 36.4 Å². The van der Waals surface area contributed by atoms with Crippen LogP contribution >= 0.6 is 0 Å². The zero-order valence-corrected chi connectivity index (χ0v) is 17.9. The number of halogens is 3. The van der Waals surface area contributed by atoms with E-state index >= 15 is 0 Å². The summed E-state index contributed by atoms with van der Waals surface area (Å²) in [5.74, 6) is -0.604. The molecule has 0 aliphatic carbocycles. The van der Waals surface area contributed by atoms with Gasteiger partial charge in [0.1, 0.15) is 0 Å². The van der Waals surface area contributed by atoms with E-state index in [4.69, 9.17) is 5.26 Å². The second-order valence-electron chi connectivity index (χ2n) is 7.93. The lowest BCUT2D eigenvalue weighted by atomic mass is 9.90. The molecule has 4 rings (SSSR count). The molecule has 1 heterocycles. The first-order valence-electron chi connectivity index (χ1n) is 10.6. The maximum atomic E-state index is 13.1. The molecular formula is C26H20F3N3O2. The van der Waals surface area contributed by atoms with Crippen molar-refractivity contribution < 1.29 is 22.8 Å². The van der Waals surface area contributed by atoms with Crippen LogP contribution in [0.15, 0.2) is 66.7 Å². The van der Waals surface area contributed by atoms with Crippen molar-refractivity contribution >= 4 is 17.4 Å². The highest BCUT2D eigenvalue weighted by Gasteiger charge is 2.30. The van der Waals surface area contributed by atoms with Crippen LogP contribution in [0.1, 0.15) is 39.5 Å². The topological polar surface area (TPSA) is 82.0 Å². The fourth-order valence-corrected chi connectivity index (χ4v) is 4.08. The van der Waals surface area contributed by atoms with E-state index in [9.17, 15) is 22.8 Å². The number of nitrogens with one attached hydrogen (secondary N) is 2. The molecular weight excluding hydrogens is 443 g/mol. The minimum atomic E-state index is -4.43.